The van der Waals surface area contributed by atoms with Gasteiger partial charge in [-0.2, -0.15) is 0 Å². The molecule has 1 aliphatic heterocycles. The van der Waals surface area contributed by atoms with Crippen LogP contribution in [-0.2, 0) is 6.42 Å². The smallest absolute Gasteiger partial charge is 0.174 e. The maximum atomic E-state index is 5.89. The molecule has 35 heavy (non-hydrogen) atoms. The highest BCUT2D eigenvalue weighted by atomic mass is 32.1. The molecule has 3 heterocycles. The molecule has 5 rings (SSSR count). The zero-order valence-corrected chi connectivity index (χ0v) is 21.3. The Morgan fingerprint density at radius 2 is 1.69 bits per heavy atom. The molecule has 6 heteroatoms. The fourth-order valence-corrected chi connectivity index (χ4v) is 5.40. The van der Waals surface area contributed by atoms with Gasteiger partial charge in [0.15, 0.2) is 5.11 Å². The van der Waals surface area contributed by atoms with E-state index in [0.717, 1.165) is 23.6 Å². The first-order valence-electron chi connectivity index (χ1n) is 11.9. The summed E-state index contributed by atoms with van der Waals surface area (Å²) in [5, 5.41) is 4.25. The van der Waals surface area contributed by atoms with Crippen LogP contribution in [0.3, 0.4) is 0 Å². The molecule has 0 aliphatic carbocycles. The molecule has 4 aromatic rings. The van der Waals surface area contributed by atoms with Gasteiger partial charge in [0.2, 0.25) is 0 Å². The summed E-state index contributed by atoms with van der Waals surface area (Å²) in [6.07, 6.45) is 2.87. The van der Waals surface area contributed by atoms with Crippen molar-refractivity contribution in [3.63, 3.8) is 0 Å². The molecule has 0 bridgehead atoms. The van der Waals surface area contributed by atoms with Crippen molar-refractivity contribution in [2.45, 2.75) is 39.3 Å². The summed E-state index contributed by atoms with van der Waals surface area (Å²) in [4.78, 5) is 6.90. The molecule has 1 saturated heterocycles. The van der Waals surface area contributed by atoms with Gasteiger partial charge in [0.25, 0.3) is 0 Å². The van der Waals surface area contributed by atoms with E-state index in [2.05, 4.69) is 89.1 Å². The van der Waals surface area contributed by atoms with E-state index in [1.165, 1.54) is 28.2 Å². The summed E-state index contributed by atoms with van der Waals surface area (Å²) in [6, 6.07) is 25.1. The molecule has 178 valence electrons. The van der Waals surface area contributed by atoms with E-state index in [4.69, 9.17) is 17.0 Å². The summed E-state index contributed by atoms with van der Waals surface area (Å²) in [5.74, 6) is 0.818. The molecule has 2 aromatic carbocycles. The van der Waals surface area contributed by atoms with Crippen LogP contribution in [-0.4, -0.2) is 21.8 Å². The number of hydrogen-bond acceptors (Lipinski definition) is 3. The van der Waals surface area contributed by atoms with Gasteiger partial charge >= 0.3 is 0 Å². The predicted octanol–water partition coefficient (Wildman–Crippen LogP) is 6.24. The second-order valence-corrected chi connectivity index (χ2v) is 9.26. The zero-order valence-electron chi connectivity index (χ0n) is 20.5. The number of aryl methyl sites for hydroxylation is 2. The number of aromatic nitrogens is 2. The van der Waals surface area contributed by atoms with Gasteiger partial charge in [-0.15, -0.1) is 0 Å². The second kappa shape index (κ2) is 9.55. The molecule has 2 aromatic heterocycles. The molecule has 1 N–H and O–H groups in total. The third-order valence-electron chi connectivity index (χ3n) is 6.84. The third-order valence-corrected chi connectivity index (χ3v) is 7.15. The van der Waals surface area contributed by atoms with Gasteiger partial charge < -0.3 is 19.5 Å². The van der Waals surface area contributed by atoms with Crippen LogP contribution in [0.2, 0.25) is 0 Å². The van der Waals surface area contributed by atoms with E-state index in [0.29, 0.717) is 5.11 Å². The topological polar surface area (TPSA) is 42.3 Å². The summed E-state index contributed by atoms with van der Waals surface area (Å²) >= 11 is 5.89. The summed E-state index contributed by atoms with van der Waals surface area (Å²) < 4.78 is 7.72. The molecular formula is C29H30N4OS. The number of hydrogen-bond donors (Lipinski definition) is 1. The van der Waals surface area contributed by atoms with Gasteiger partial charge in [-0.25, -0.2) is 0 Å². The monoisotopic (exact) mass is 482 g/mol. The SMILES string of the molecule is CCc1ccc(-n2c(C)cc([C@@H]3[C@@H](c4ccccn4)NC(=S)N3c3ccc(OC)cc3)c2C)cc1. The van der Waals surface area contributed by atoms with Crippen molar-refractivity contribution < 1.29 is 4.74 Å². The van der Waals surface area contributed by atoms with Crippen LogP contribution < -0.4 is 15.0 Å². The first-order chi connectivity index (χ1) is 17.0. The van der Waals surface area contributed by atoms with Crippen LogP contribution in [0, 0.1) is 13.8 Å². The predicted molar refractivity (Wildman–Crippen MR) is 146 cm³/mol. The number of anilines is 1. The Kier molecular flexibility index (Phi) is 6.31. The Morgan fingerprint density at radius 1 is 0.971 bits per heavy atom. The summed E-state index contributed by atoms with van der Waals surface area (Å²) in [5.41, 5.74) is 8.10. The number of benzene rings is 2. The molecule has 0 amide bonds. The van der Waals surface area contributed by atoms with Crippen molar-refractivity contribution in [2.24, 2.45) is 0 Å². The molecule has 0 spiro atoms. The van der Waals surface area contributed by atoms with Crippen LogP contribution in [0.1, 0.15) is 47.2 Å². The molecule has 0 radical (unpaired) electrons. The Morgan fingerprint density at radius 3 is 2.31 bits per heavy atom. The van der Waals surface area contributed by atoms with Crippen molar-refractivity contribution >= 4 is 23.0 Å². The first kappa shape index (κ1) is 23.1. The Bertz CT molecular complexity index is 1330. The lowest BCUT2D eigenvalue weighted by Gasteiger charge is -2.28. The third kappa shape index (κ3) is 4.19. The lowest BCUT2D eigenvalue weighted by Crippen LogP contribution is -2.29. The molecule has 0 saturated carbocycles. The quantitative estimate of drug-likeness (QED) is 0.330. The van der Waals surface area contributed by atoms with Gasteiger partial charge in [-0.05, 0) is 98.2 Å². The summed E-state index contributed by atoms with van der Waals surface area (Å²) in [7, 11) is 1.68. The van der Waals surface area contributed by atoms with Crippen LogP contribution >= 0.6 is 12.2 Å². The summed E-state index contributed by atoms with van der Waals surface area (Å²) in [6.45, 7) is 6.54. The minimum absolute atomic E-state index is 0.0549. The molecule has 0 unspecified atom stereocenters. The highest BCUT2D eigenvalue weighted by Crippen LogP contribution is 2.44. The molecular weight excluding hydrogens is 452 g/mol. The van der Waals surface area contributed by atoms with Crippen LogP contribution in [0.4, 0.5) is 5.69 Å². The lowest BCUT2D eigenvalue weighted by molar-refractivity contribution is 0.415. The van der Waals surface area contributed by atoms with E-state index in [1.807, 2.05) is 30.5 Å². The Hall–Kier alpha value is -3.64. The molecule has 2 atom stereocenters. The maximum Gasteiger partial charge on any atom is 0.174 e. The first-order valence-corrected chi connectivity index (χ1v) is 12.4. The number of pyridine rings is 1. The van der Waals surface area contributed by atoms with Crippen LogP contribution in [0.15, 0.2) is 79.0 Å². The molecule has 1 aliphatic rings. The number of thiocarbonyl (C=S) groups is 1. The van der Waals surface area contributed by atoms with Crippen molar-refractivity contribution in [2.75, 3.05) is 12.0 Å². The number of rotatable bonds is 6. The van der Waals surface area contributed by atoms with E-state index in [-0.39, 0.29) is 12.1 Å². The minimum atomic E-state index is -0.0813. The van der Waals surface area contributed by atoms with Crippen molar-refractivity contribution in [3.8, 4) is 11.4 Å². The largest absolute Gasteiger partial charge is 0.497 e. The van der Waals surface area contributed by atoms with E-state index in [1.54, 1.807) is 7.11 Å². The fraction of sp³-hybridized carbons (Fsp3) is 0.241. The van der Waals surface area contributed by atoms with Gasteiger partial charge in [-0.3, -0.25) is 4.98 Å². The second-order valence-electron chi connectivity index (χ2n) is 8.88. The highest BCUT2D eigenvalue weighted by Gasteiger charge is 2.42. The number of methoxy groups -OCH3 is 1. The van der Waals surface area contributed by atoms with Gasteiger partial charge in [0, 0.05) is 29.0 Å². The number of ether oxygens (including phenoxy) is 1. The average Bonchev–Trinajstić information content (AvgIpc) is 3.39. The van der Waals surface area contributed by atoms with Gasteiger partial charge in [-0.1, -0.05) is 25.1 Å². The van der Waals surface area contributed by atoms with E-state index in [9.17, 15) is 0 Å². The van der Waals surface area contributed by atoms with Crippen molar-refractivity contribution in [1.29, 1.82) is 0 Å². The number of nitrogens with one attached hydrogen (secondary N) is 1. The normalized spacial score (nSPS) is 17.5. The van der Waals surface area contributed by atoms with Crippen LogP contribution in [0.25, 0.3) is 5.69 Å². The fourth-order valence-electron chi connectivity index (χ4n) is 5.06. The van der Waals surface area contributed by atoms with Gasteiger partial charge in [0.05, 0.1) is 24.9 Å². The van der Waals surface area contributed by atoms with Crippen molar-refractivity contribution in [3.05, 3.63) is 107 Å². The van der Waals surface area contributed by atoms with Gasteiger partial charge in [0.1, 0.15) is 5.75 Å². The van der Waals surface area contributed by atoms with Crippen LogP contribution in [0.5, 0.6) is 5.75 Å². The Labute approximate surface area is 212 Å². The van der Waals surface area contributed by atoms with E-state index < -0.39 is 0 Å². The minimum Gasteiger partial charge on any atom is -0.497 e. The average molecular weight is 483 g/mol. The molecule has 5 nitrogen and oxygen atoms in total. The number of nitrogens with zero attached hydrogens (tertiary/aromatic N) is 3. The molecule has 1 fully saturated rings. The Balaban J connectivity index is 1.64. The standard InChI is InChI=1S/C29H30N4OS/c1-5-21-9-11-22(12-10-21)32-19(2)18-25(20(32)3)28-27(26-8-6-7-17-30-26)31-29(35)33(28)23-13-15-24(34-4)16-14-23/h6-18,27-28H,5H2,1-4H3,(H,31,35)/t27-,28-/m1/s1. The highest BCUT2D eigenvalue weighted by molar-refractivity contribution is 7.80. The van der Waals surface area contributed by atoms with E-state index >= 15 is 0 Å². The zero-order chi connectivity index (χ0) is 24.5. The maximum absolute atomic E-state index is 5.89. The van der Waals surface area contributed by atoms with Crippen molar-refractivity contribution in [1.82, 2.24) is 14.9 Å². The lowest BCUT2D eigenvalue weighted by atomic mass is 9.96.